The van der Waals surface area contributed by atoms with E-state index in [0.717, 1.165) is 12.8 Å². The summed E-state index contributed by atoms with van der Waals surface area (Å²) in [5.74, 6) is 0.448. The van der Waals surface area contributed by atoms with Crippen LogP contribution in [-0.4, -0.2) is 6.04 Å². The van der Waals surface area contributed by atoms with E-state index in [0.29, 0.717) is 28.1 Å². The second-order valence-corrected chi connectivity index (χ2v) is 6.82. The summed E-state index contributed by atoms with van der Waals surface area (Å²) < 4.78 is 13.7. The lowest BCUT2D eigenvalue weighted by Gasteiger charge is -2.39. The molecule has 1 aromatic carbocycles. The van der Waals surface area contributed by atoms with Crippen molar-refractivity contribution in [1.29, 1.82) is 0 Å². The van der Waals surface area contributed by atoms with Gasteiger partial charge in [-0.1, -0.05) is 32.4 Å². The van der Waals surface area contributed by atoms with Crippen molar-refractivity contribution in [3.8, 4) is 0 Å². The first-order chi connectivity index (χ1) is 8.35. The summed E-state index contributed by atoms with van der Waals surface area (Å²) in [6.45, 7) is 6.83. The fourth-order valence-corrected chi connectivity index (χ4v) is 3.46. The molecule has 1 aliphatic carbocycles. The van der Waals surface area contributed by atoms with Crippen molar-refractivity contribution in [2.45, 2.75) is 46.1 Å². The van der Waals surface area contributed by atoms with Gasteiger partial charge in [0.1, 0.15) is 5.82 Å². The van der Waals surface area contributed by atoms with Gasteiger partial charge in [0.05, 0.1) is 5.69 Å². The SMILES string of the molecule is CC1CC(Nc2cc(Cl)ccc2F)CC(C)(C)C1. The van der Waals surface area contributed by atoms with E-state index in [1.165, 1.54) is 12.5 Å². The van der Waals surface area contributed by atoms with Crippen LogP contribution in [0.25, 0.3) is 0 Å². The number of anilines is 1. The number of hydrogen-bond acceptors (Lipinski definition) is 1. The summed E-state index contributed by atoms with van der Waals surface area (Å²) >= 11 is 5.91. The van der Waals surface area contributed by atoms with Gasteiger partial charge in [-0.3, -0.25) is 0 Å². The van der Waals surface area contributed by atoms with Crippen molar-refractivity contribution < 1.29 is 4.39 Å². The van der Waals surface area contributed by atoms with Crippen LogP contribution in [0.15, 0.2) is 18.2 Å². The molecule has 0 saturated heterocycles. The standard InChI is InChI=1S/C15H21ClFN/c1-10-6-12(9-15(2,3)8-10)18-14-7-11(16)4-5-13(14)17/h4-5,7,10,12,18H,6,8-9H2,1-3H3. The number of nitrogens with one attached hydrogen (secondary N) is 1. The highest BCUT2D eigenvalue weighted by atomic mass is 35.5. The molecule has 1 saturated carbocycles. The van der Waals surface area contributed by atoms with Crippen LogP contribution in [0.1, 0.15) is 40.0 Å². The van der Waals surface area contributed by atoms with Gasteiger partial charge in [0, 0.05) is 11.1 Å². The van der Waals surface area contributed by atoms with Gasteiger partial charge in [-0.15, -0.1) is 0 Å². The average Bonchev–Trinajstić information content (AvgIpc) is 2.20. The molecule has 1 N–H and O–H groups in total. The first-order valence-electron chi connectivity index (χ1n) is 6.57. The molecule has 1 aliphatic rings. The molecule has 2 rings (SSSR count). The molecule has 1 fully saturated rings. The zero-order valence-electron chi connectivity index (χ0n) is 11.3. The third-order valence-electron chi connectivity index (χ3n) is 3.67. The van der Waals surface area contributed by atoms with Gasteiger partial charge in [0.25, 0.3) is 0 Å². The second-order valence-electron chi connectivity index (χ2n) is 6.38. The number of benzene rings is 1. The van der Waals surface area contributed by atoms with Crippen molar-refractivity contribution in [2.75, 3.05) is 5.32 Å². The van der Waals surface area contributed by atoms with Crippen molar-refractivity contribution in [3.05, 3.63) is 29.0 Å². The van der Waals surface area contributed by atoms with Gasteiger partial charge in [0.15, 0.2) is 0 Å². The van der Waals surface area contributed by atoms with E-state index in [1.54, 1.807) is 12.1 Å². The molecule has 0 spiro atoms. The predicted octanol–water partition coefficient (Wildman–Crippen LogP) is 5.11. The van der Waals surface area contributed by atoms with E-state index in [9.17, 15) is 4.39 Å². The van der Waals surface area contributed by atoms with Crippen LogP contribution in [0.4, 0.5) is 10.1 Å². The summed E-state index contributed by atoms with van der Waals surface area (Å²) in [6, 6.07) is 5.00. The number of hydrogen-bond donors (Lipinski definition) is 1. The molecule has 1 nitrogen and oxygen atoms in total. The lowest BCUT2D eigenvalue weighted by atomic mass is 9.70. The first-order valence-corrected chi connectivity index (χ1v) is 6.95. The second kappa shape index (κ2) is 5.08. The highest BCUT2D eigenvalue weighted by molar-refractivity contribution is 6.30. The minimum Gasteiger partial charge on any atom is -0.380 e. The molecule has 0 amide bonds. The van der Waals surface area contributed by atoms with E-state index in [4.69, 9.17) is 11.6 Å². The van der Waals surface area contributed by atoms with Crippen molar-refractivity contribution >= 4 is 17.3 Å². The fourth-order valence-electron chi connectivity index (χ4n) is 3.28. The van der Waals surface area contributed by atoms with E-state index in [1.807, 2.05) is 0 Å². The molecule has 1 aromatic rings. The maximum Gasteiger partial charge on any atom is 0.146 e. The van der Waals surface area contributed by atoms with Crippen LogP contribution < -0.4 is 5.32 Å². The molecular weight excluding hydrogens is 249 g/mol. The van der Waals surface area contributed by atoms with Crippen LogP contribution in [0.3, 0.4) is 0 Å². The van der Waals surface area contributed by atoms with Gasteiger partial charge >= 0.3 is 0 Å². The average molecular weight is 270 g/mol. The summed E-state index contributed by atoms with van der Waals surface area (Å²) in [6.07, 6.45) is 3.40. The van der Waals surface area contributed by atoms with Crippen molar-refractivity contribution in [3.63, 3.8) is 0 Å². The zero-order valence-corrected chi connectivity index (χ0v) is 12.0. The van der Waals surface area contributed by atoms with Gasteiger partial charge in [0.2, 0.25) is 0 Å². The van der Waals surface area contributed by atoms with Crippen LogP contribution in [0.2, 0.25) is 5.02 Å². The van der Waals surface area contributed by atoms with Gasteiger partial charge < -0.3 is 5.32 Å². The Hall–Kier alpha value is -0.760. The Morgan fingerprint density at radius 3 is 2.72 bits per heavy atom. The van der Waals surface area contributed by atoms with Crippen molar-refractivity contribution in [1.82, 2.24) is 0 Å². The molecule has 0 bridgehead atoms. The van der Waals surface area contributed by atoms with Crippen LogP contribution in [0, 0.1) is 17.2 Å². The molecule has 0 aromatic heterocycles. The van der Waals surface area contributed by atoms with E-state index in [2.05, 4.69) is 26.1 Å². The topological polar surface area (TPSA) is 12.0 Å². The molecule has 0 aliphatic heterocycles. The molecule has 18 heavy (non-hydrogen) atoms. The fraction of sp³-hybridized carbons (Fsp3) is 0.600. The molecule has 3 heteroatoms. The molecule has 2 atom stereocenters. The lowest BCUT2D eigenvalue weighted by Crippen LogP contribution is -2.35. The zero-order chi connectivity index (χ0) is 13.3. The summed E-state index contributed by atoms with van der Waals surface area (Å²) in [5.41, 5.74) is 0.849. The van der Waals surface area contributed by atoms with Crippen LogP contribution >= 0.6 is 11.6 Å². The summed E-state index contributed by atoms with van der Waals surface area (Å²) in [4.78, 5) is 0. The minimum absolute atomic E-state index is 0.226. The Labute approximate surface area is 114 Å². The molecule has 0 radical (unpaired) electrons. The van der Waals surface area contributed by atoms with Crippen molar-refractivity contribution in [2.24, 2.45) is 11.3 Å². The number of rotatable bonds is 2. The van der Waals surface area contributed by atoms with Gasteiger partial charge in [-0.25, -0.2) is 4.39 Å². The Bertz CT molecular complexity index is 431. The Kier molecular flexibility index (Phi) is 3.86. The summed E-state index contributed by atoms with van der Waals surface area (Å²) in [5, 5.41) is 3.89. The normalized spacial score (nSPS) is 26.9. The molecule has 2 unspecified atom stereocenters. The predicted molar refractivity (Wildman–Crippen MR) is 75.6 cm³/mol. The maximum absolute atomic E-state index is 13.7. The Morgan fingerprint density at radius 2 is 2.06 bits per heavy atom. The molecule has 100 valence electrons. The highest BCUT2D eigenvalue weighted by Crippen LogP contribution is 2.39. The third kappa shape index (κ3) is 3.38. The maximum atomic E-state index is 13.7. The third-order valence-corrected chi connectivity index (χ3v) is 3.91. The van der Waals surface area contributed by atoms with E-state index >= 15 is 0 Å². The number of halogens is 2. The minimum atomic E-state index is -0.226. The largest absolute Gasteiger partial charge is 0.380 e. The molecule has 0 heterocycles. The van der Waals surface area contributed by atoms with E-state index < -0.39 is 0 Å². The Morgan fingerprint density at radius 1 is 1.33 bits per heavy atom. The van der Waals surface area contributed by atoms with Crippen LogP contribution in [0.5, 0.6) is 0 Å². The highest BCUT2D eigenvalue weighted by Gasteiger charge is 2.32. The Balaban J connectivity index is 2.11. The van der Waals surface area contributed by atoms with Gasteiger partial charge in [-0.05, 0) is 48.8 Å². The lowest BCUT2D eigenvalue weighted by molar-refractivity contribution is 0.177. The smallest absolute Gasteiger partial charge is 0.146 e. The van der Waals surface area contributed by atoms with Crippen LogP contribution in [-0.2, 0) is 0 Å². The van der Waals surface area contributed by atoms with E-state index in [-0.39, 0.29) is 5.82 Å². The van der Waals surface area contributed by atoms with Gasteiger partial charge in [-0.2, -0.15) is 0 Å². The first kappa shape index (κ1) is 13.7. The quantitative estimate of drug-likeness (QED) is 0.787. The monoisotopic (exact) mass is 269 g/mol. The molecular formula is C15H21ClFN. The summed E-state index contributed by atoms with van der Waals surface area (Å²) in [7, 11) is 0.